The molecule has 0 saturated heterocycles. The molecule has 0 saturated carbocycles. The third-order valence-corrected chi connectivity index (χ3v) is 6.28. The van der Waals surface area contributed by atoms with Crippen molar-refractivity contribution < 1.29 is 0 Å². The molecule has 0 fully saturated rings. The largest absolute Gasteiger partial charge is 0.319 e. The minimum atomic E-state index is -0.0191. The second-order valence-electron chi connectivity index (χ2n) is 3.16. The van der Waals surface area contributed by atoms with Crippen LogP contribution in [0, 0.1) is 6.92 Å². The van der Waals surface area contributed by atoms with Gasteiger partial charge in [-0.1, -0.05) is 0 Å². The molecule has 0 aromatic carbocycles. The number of hydrogen-bond acceptors (Lipinski definition) is 3. The van der Waals surface area contributed by atoms with E-state index in [0.29, 0.717) is 0 Å². The summed E-state index contributed by atoms with van der Waals surface area (Å²) in [6.45, 7) is 2.09. The van der Waals surface area contributed by atoms with Crippen LogP contribution in [0.2, 0.25) is 0 Å². The van der Waals surface area contributed by atoms with Gasteiger partial charge in [0.25, 0.3) is 0 Å². The van der Waals surface area contributed by atoms with Crippen molar-refractivity contribution in [3.63, 3.8) is 0 Å². The number of halogens is 2. The minimum absolute atomic E-state index is 0.0191. The van der Waals surface area contributed by atoms with E-state index in [1.165, 1.54) is 14.6 Å². The zero-order chi connectivity index (χ0) is 11.0. The second-order valence-corrected chi connectivity index (χ2v) is 7.11. The molecule has 2 N–H and O–H groups in total. The van der Waals surface area contributed by atoms with Gasteiger partial charge in [0.15, 0.2) is 0 Å². The summed E-state index contributed by atoms with van der Waals surface area (Å²) in [6, 6.07) is 4.13. The fourth-order valence-corrected chi connectivity index (χ4v) is 4.58. The molecule has 1 atom stereocenters. The van der Waals surface area contributed by atoms with Crippen molar-refractivity contribution in [3.05, 3.63) is 41.1 Å². The number of rotatable bonds is 2. The lowest BCUT2D eigenvalue weighted by Crippen LogP contribution is -2.08. The first kappa shape index (κ1) is 11.8. The predicted molar refractivity (Wildman–Crippen MR) is 74.8 cm³/mol. The summed E-state index contributed by atoms with van der Waals surface area (Å²) in [4.78, 5) is 3.65. The smallest absolute Gasteiger partial charge is 0.0751 e. The first-order chi connectivity index (χ1) is 7.09. The van der Waals surface area contributed by atoms with Crippen LogP contribution in [0.1, 0.15) is 20.7 Å². The van der Waals surface area contributed by atoms with Gasteiger partial charge in [-0.25, -0.2) is 0 Å². The molecule has 0 spiro atoms. The molecule has 0 amide bonds. The standard InChI is InChI=1S/C10H9Br2NS2/c1-5-7(12)4-8(15-5)9(13)10-6(11)2-3-14-10/h2-4,9H,13H2,1H3. The number of aryl methyl sites for hydroxylation is 1. The summed E-state index contributed by atoms with van der Waals surface area (Å²) in [6.07, 6.45) is 0. The van der Waals surface area contributed by atoms with Gasteiger partial charge in [0.05, 0.1) is 6.04 Å². The zero-order valence-electron chi connectivity index (χ0n) is 7.96. The Kier molecular flexibility index (Phi) is 3.67. The summed E-state index contributed by atoms with van der Waals surface area (Å²) >= 11 is 10.5. The average Bonchev–Trinajstić information content (AvgIpc) is 2.74. The molecule has 15 heavy (non-hydrogen) atoms. The summed E-state index contributed by atoms with van der Waals surface area (Å²) < 4.78 is 2.24. The molecular formula is C10H9Br2NS2. The van der Waals surface area contributed by atoms with Crippen molar-refractivity contribution in [1.29, 1.82) is 0 Å². The van der Waals surface area contributed by atoms with E-state index in [1.807, 2.05) is 6.07 Å². The summed E-state index contributed by atoms with van der Waals surface area (Å²) in [5.74, 6) is 0. The lowest BCUT2D eigenvalue weighted by Gasteiger charge is -2.07. The van der Waals surface area contributed by atoms with Crippen LogP contribution in [0.4, 0.5) is 0 Å². The van der Waals surface area contributed by atoms with Crippen LogP contribution in [0.5, 0.6) is 0 Å². The molecule has 2 heterocycles. The molecule has 0 aliphatic heterocycles. The molecule has 0 radical (unpaired) electrons. The Morgan fingerprint density at radius 3 is 2.53 bits per heavy atom. The topological polar surface area (TPSA) is 26.0 Å². The highest BCUT2D eigenvalue weighted by atomic mass is 79.9. The van der Waals surface area contributed by atoms with Gasteiger partial charge in [-0.05, 0) is 56.3 Å². The van der Waals surface area contributed by atoms with E-state index in [2.05, 4.69) is 50.2 Å². The van der Waals surface area contributed by atoms with E-state index >= 15 is 0 Å². The van der Waals surface area contributed by atoms with Crippen molar-refractivity contribution in [2.45, 2.75) is 13.0 Å². The highest BCUT2D eigenvalue weighted by Crippen LogP contribution is 2.37. The monoisotopic (exact) mass is 365 g/mol. The minimum Gasteiger partial charge on any atom is -0.319 e. The van der Waals surface area contributed by atoms with Crippen LogP contribution >= 0.6 is 54.5 Å². The Labute approximate surface area is 114 Å². The number of hydrogen-bond donors (Lipinski definition) is 1. The summed E-state index contributed by atoms with van der Waals surface area (Å²) in [7, 11) is 0. The molecule has 80 valence electrons. The predicted octanol–water partition coefficient (Wildman–Crippen LogP) is 4.69. The number of thiophene rings is 2. The first-order valence-electron chi connectivity index (χ1n) is 4.34. The maximum atomic E-state index is 6.21. The maximum absolute atomic E-state index is 6.21. The summed E-state index contributed by atoms with van der Waals surface area (Å²) in [5.41, 5.74) is 6.21. The van der Waals surface area contributed by atoms with Crippen LogP contribution in [0.15, 0.2) is 26.5 Å². The second kappa shape index (κ2) is 4.67. The van der Waals surface area contributed by atoms with Gasteiger partial charge in [0.1, 0.15) is 0 Å². The fourth-order valence-electron chi connectivity index (χ4n) is 1.29. The van der Waals surface area contributed by atoms with Crippen LogP contribution in [0.3, 0.4) is 0 Å². The van der Waals surface area contributed by atoms with E-state index in [4.69, 9.17) is 5.73 Å². The van der Waals surface area contributed by atoms with Crippen LogP contribution in [-0.4, -0.2) is 0 Å². The van der Waals surface area contributed by atoms with Crippen molar-refractivity contribution in [3.8, 4) is 0 Å². The van der Waals surface area contributed by atoms with E-state index in [0.717, 1.165) is 8.95 Å². The molecule has 5 heteroatoms. The van der Waals surface area contributed by atoms with Crippen LogP contribution in [0.25, 0.3) is 0 Å². The van der Waals surface area contributed by atoms with Gasteiger partial charge in [0.2, 0.25) is 0 Å². The Hall–Kier alpha value is 0.320. The van der Waals surface area contributed by atoms with Gasteiger partial charge < -0.3 is 5.73 Å². The Bertz CT molecular complexity index is 456. The number of nitrogens with two attached hydrogens (primary N) is 1. The third kappa shape index (κ3) is 2.36. The molecule has 2 aromatic rings. The van der Waals surface area contributed by atoms with Gasteiger partial charge in [-0.3, -0.25) is 0 Å². The fraction of sp³-hybridized carbons (Fsp3) is 0.200. The van der Waals surface area contributed by atoms with Crippen molar-refractivity contribution in [2.24, 2.45) is 5.73 Å². The Balaban J connectivity index is 2.36. The molecule has 0 aliphatic rings. The van der Waals surface area contributed by atoms with Crippen LogP contribution < -0.4 is 5.73 Å². The van der Waals surface area contributed by atoms with E-state index in [1.54, 1.807) is 22.7 Å². The molecule has 1 nitrogen and oxygen atoms in total. The van der Waals surface area contributed by atoms with E-state index in [-0.39, 0.29) is 6.04 Å². The van der Waals surface area contributed by atoms with Gasteiger partial charge in [0, 0.05) is 23.6 Å². The molecule has 2 aromatic heterocycles. The van der Waals surface area contributed by atoms with Crippen molar-refractivity contribution in [2.75, 3.05) is 0 Å². The van der Waals surface area contributed by atoms with Crippen molar-refractivity contribution >= 4 is 54.5 Å². The highest BCUT2D eigenvalue weighted by Gasteiger charge is 2.16. The van der Waals surface area contributed by atoms with Crippen molar-refractivity contribution in [1.82, 2.24) is 0 Å². The lowest BCUT2D eigenvalue weighted by atomic mass is 10.2. The molecule has 0 bridgehead atoms. The van der Waals surface area contributed by atoms with Crippen LogP contribution in [-0.2, 0) is 0 Å². The quantitative estimate of drug-likeness (QED) is 0.819. The molecular weight excluding hydrogens is 358 g/mol. The highest BCUT2D eigenvalue weighted by molar-refractivity contribution is 9.10. The normalized spacial score (nSPS) is 13.1. The van der Waals surface area contributed by atoms with E-state index < -0.39 is 0 Å². The lowest BCUT2D eigenvalue weighted by molar-refractivity contribution is 0.912. The van der Waals surface area contributed by atoms with Gasteiger partial charge in [-0.2, -0.15) is 0 Å². The zero-order valence-corrected chi connectivity index (χ0v) is 12.8. The Morgan fingerprint density at radius 1 is 1.33 bits per heavy atom. The van der Waals surface area contributed by atoms with Gasteiger partial charge >= 0.3 is 0 Å². The average molecular weight is 367 g/mol. The first-order valence-corrected chi connectivity index (χ1v) is 7.62. The molecule has 1 unspecified atom stereocenters. The Morgan fingerprint density at radius 2 is 2.07 bits per heavy atom. The summed E-state index contributed by atoms with van der Waals surface area (Å²) in [5, 5.41) is 2.05. The maximum Gasteiger partial charge on any atom is 0.0751 e. The molecule has 0 aliphatic carbocycles. The molecule has 2 rings (SSSR count). The van der Waals surface area contributed by atoms with E-state index in [9.17, 15) is 0 Å². The SMILES string of the molecule is Cc1sc(C(N)c2sccc2Br)cc1Br. The van der Waals surface area contributed by atoms with Gasteiger partial charge in [-0.15, -0.1) is 22.7 Å². The third-order valence-electron chi connectivity index (χ3n) is 2.11.